The van der Waals surface area contributed by atoms with Crippen LogP contribution < -0.4 is 11.5 Å². The quantitative estimate of drug-likeness (QED) is 0.501. The fourth-order valence-corrected chi connectivity index (χ4v) is 1.26. The van der Waals surface area contributed by atoms with Crippen molar-refractivity contribution in [2.75, 3.05) is 0 Å². The smallest absolute Gasteiger partial charge is 0.183 e. The molecule has 0 heterocycles. The highest BCUT2D eigenvalue weighted by atomic mass is 14.9. The van der Waals surface area contributed by atoms with E-state index < -0.39 is 0 Å². The lowest BCUT2D eigenvalue weighted by Gasteiger charge is -1.98. The second kappa shape index (κ2) is 6.24. The molecular formula is C13H15N3. The van der Waals surface area contributed by atoms with E-state index in [1.165, 1.54) is 11.1 Å². The third-order valence-electron chi connectivity index (χ3n) is 1.88. The summed E-state index contributed by atoms with van der Waals surface area (Å²) >= 11 is 0. The zero-order chi connectivity index (χ0) is 11.8. The Balaban J connectivity index is 0.000000280. The average molecular weight is 213 g/mol. The van der Waals surface area contributed by atoms with E-state index in [2.05, 4.69) is 60.0 Å². The number of hydrogen-bond donors (Lipinski definition) is 3. The van der Waals surface area contributed by atoms with E-state index in [1.807, 2.05) is 12.1 Å². The molecule has 0 atom stereocenters. The van der Waals surface area contributed by atoms with Gasteiger partial charge in [-0.1, -0.05) is 60.7 Å². The summed E-state index contributed by atoms with van der Waals surface area (Å²) in [5.41, 5.74) is 11.5. The van der Waals surface area contributed by atoms with Gasteiger partial charge >= 0.3 is 0 Å². The Morgan fingerprint density at radius 3 is 1.19 bits per heavy atom. The minimum atomic E-state index is -0.333. The van der Waals surface area contributed by atoms with Gasteiger partial charge in [0.2, 0.25) is 0 Å². The van der Waals surface area contributed by atoms with Gasteiger partial charge in [0.25, 0.3) is 0 Å². The van der Waals surface area contributed by atoms with E-state index in [0.717, 1.165) is 0 Å². The standard InChI is InChI=1S/C12H10.CH5N3/c1-3-7-11(8-4-1)12-9-5-2-6-10-12;2-1(3)4/h1-10H;(H5,2,3,4). The molecule has 16 heavy (non-hydrogen) atoms. The van der Waals surface area contributed by atoms with Crippen molar-refractivity contribution in [2.24, 2.45) is 11.5 Å². The molecule has 0 aliphatic heterocycles. The van der Waals surface area contributed by atoms with Gasteiger partial charge in [-0.2, -0.15) is 0 Å². The minimum Gasteiger partial charge on any atom is -0.370 e. The van der Waals surface area contributed by atoms with Gasteiger partial charge in [-0.3, -0.25) is 5.41 Å². The molecule has 0 bridgehead atoms. The highest BCUT2D eigenvalue weighted by Crippen LogP contribution is 2.17. The van der Waals surface area contributed by atoms with E-state index in [4.69, 9.17) is 5.41 Å². The Kier molecular flexibility index (Phi) is 4.60. The molecule has 2 aromatic rings. The molecule has 2 rings (SSSR count). The zero-order valence-electron chi connectivity index (χ0n) is 8.93. The minimum absolute atomic E-state index is 0.333. The first kappa shape index (κ1) is 11.8. The van der Waals surface area contributed by atoms with E-state index >= 15 is 0 Å². The SMILES string of the molecule is N=C(N)N.c1ccc(-c2ccccc2)cc1. The van der Waals surface area contributed by atoms with Crippen LogP contribution in [0.2, 0.25) is 0 Å². The summed E-state index contributed by atoms with van der Waals surface area (Å²) in [6.07, 6.45) is 0. The van der Waals surface area contributed by atoms with Crippen LogP contribution in [0.1, 0.15) is 0 Å². The lowest BCUT2D eigenvalue weighted by Crippen LogP contribution is -2.20. The molecule has 82 valence electrons. The predicted octanol–water partition coefficient (Wildman–Crippen LogP) is 2.19. The number of nitrogens with one attached hydrogen (secondary N) is 1. The fourth-order valence-electron chi connectivity index (χ4n) is 1.26. The van der Waals surface area contributed by atoms with Gasteiger partial charge in [0.05, 0.1) is 0 Å². The van der Waals surface area contributed by atoms with Crippen LogP contribution in [-0.2, 0) is 0 Å². The lowest BCUT2D eigenvalue weighted by atomic mass is 10.1. The van der Waals surface area contributed by atoms with Crippen LogP contribution in [-0.4, -0.2) is 5.96 Å². The first-order valence-electron chi connectivity index (χ1n) is 4.90. The highest BCUT2D eigenvalue weighted by Gasteiger charge is 1.91. The normalized spacial score (nSPS) is 8.75. The predicted molar refractivity (Wildman–Crippen MR) is 68.0 cm³/mol. The summed E-state index contributed by atoms with van der Waals surface area (Å²) in [5.74, 6) is -0.333. The van der Waals surface area contributed by atoms with Crippen molar-refractivity contribution >= 4 is 5.96 Å². The summed E-state index contributed by atoms with van der Waals surface area (Å²) in [5, 5.41) is 6.06. The molecule has 0 fully saturated rings. The van der Waals surface area contributed by atoms with Crippen molar-refractivity contribution in [1.29, 1.82) is 5.41 Å². The molecule has 0 aliphatic rings. The molecule has 0 amide bonds. The Bertz CT molecular complexity index is 382. The molecule has 0 aromatic heterocycles. The van der Waals surface area contributed by atoms with Gasteiger partial charge in [-0.15, -0.1) is 0 Å². The van der Waals surface area contributed by atoms with Crippen molar-refractivity contribution < 1.29 is 0 Å². The Morgan fingerprint density at radius 2 is 0.938 bits per heavy atom. The molecule has 0 radical (unpaired) electrons. The average Bonchev–Trinajstić information content (AvgIpc) is 2.31. The number of guanidine groups is 1. The van der Waals surface area contributed by atoms with Crippen LogP contribution in [0.3, 0.4) is 0 Å². The van der Waals surface area contributed by atoms with Gasteiger partial charge in [0, 0.05) is 0 Å². The van der Waals surface area contributed by atoms with E-state index in [-0.39, 0.29) is 5.96 Å². The van der Waals surface area contributed by atoms with E-state index in [9.17, 15) is 0 Å². The summed E-state index contributed by atoms with van der Waals surface area (Å²) in [7, 11) is 0. The second-order valence-corrected chi connectivity index (χ2v) is 3.19. The van der Waals surface area contributed by atoms with Gasteiger partial charge in [0.1, 0.15) is 0 Å². The van der Waals surface area contributed by atoms with Crippen LogP contribution in [0, 0.1) is 5.41 Å². The maximum atomic E-state index is 6.06. The molecule has 0 spiro atoms. The first-order chi connectivity index (χ1) is 7.70. The highest BCUT2D eigenvalue weighted by molar-refractivity contribution is 5.71. The molecular weight excluding hydrogens is 198 g/mol. The summed E-state index contributed by atoms with van der Waals surface area (Å²) in [4.78, 5) is 0. The maximum absolute atomic E-state index is 6.06. The first-order valence-corrected chi connectivity index (χ1v) is 4.90. The van der Waals surface area contributed by atoms with Gasteiger partial charge in [-0.25, -0.2) is 0 Å². The van der Waals surface area contributed by atoms with Crippen molar-refractivity contribution in [1.82, 2.24) is 0 Å². The number of hydrogen-bond acceptors (Lipinski definition) is 1. The van der Waals surface area contributed by atoms with Crippen molar-refractivity contribution in [3.05, 3.63) is 60.7 Å². The topological polar surface area (TPSA) is 75.9 Å². The number of rotatable bonds is 1. The molecule has 0 saturated heterocycles. The molecule has 0 saturated carbocycles. The number of benzene rings is 2. The summed E-state index contributed by atoms with van der Waals surface area (Å²) in [6, 6.07) is 20.8. The Labute approximate surface area is 95.2 Å². The monoisotopic (exact) mass is 213 g/mol. The van der Waals surface area contributed by atoms with Crippen molar-refractivity contribution in [3.8, 4) is 11.1 Å². The largest absolute Gasteiger partial charge is 0.370 e. The van der Waals surface area contributed by atoms with Crippen LogP contribution in [0.5, 0.6) is 0 Å². The van der Waals surface area contributed by atoms with E-state index in [1.54, 1.807) is 0 Å². The Morgan fingerprint density at radius 1 is 0.688 bits per heavy atom. The van der Waals surface area contributed by atoms with Crippen LogP contribution in [0.25, 0.3) is 11.1 Å². The molecule has 2 aromatic carbocycles. The van der Waals surface area contributed by atoms with E-state index in [0.29, 0.717) is 0 Å². The summed E-state index contributed by atoms with van der Waals surface area (Å²) < 4.78 is 0. The number of nitrogens with two attached hydrogens (primary N) is 2. The van der Waals surface area contributed by atoms with Crippen LogP contribution in [0.15, 0.2) is 60.7 Å². The van der Waals surface area contributed by atoms with Crippen molar-refractivity contribution in [3.63, 3.8) is 0 Å². The maximum Gasteiger partial charge on any atom is 0.183 e. The third kappa shape index (κ3) is 4.28. The van der Waals surface area contributed by atoms with Gasteiger partial charge in [-0.05, 0) is 11.1 Å². The van der Waals surface area contributed by atoms with Crippen LogP contribution in [0.4, 0.5) is 0 Å². The Hall–Kier alpha value is -2.29. The molecule has 0 aliphatic carbocycles. The van der Waals surface area contributed by atoms with Gasteiger partial charge in [0.15, 0.2) is 5.96 Å². The fraction of sp³-hybridized carbons (Fsp3) is 0. The molecule has 3 heteroatoms. The van der Waals surface area contributed by atoms with Crippen molar-refractivity contribution in [2.45, 2.75) is 0 Å². The second-order valence-electron chi connectivity index (χ2n) is 3.19. The zero-order valence-corrected chi connectivity index (χ0v) is 8.93. The molecule has 5 N–H and O–H groups in total. The third-order valence-corrected chi connectivity index (χ3v) is 1.88. The molecule has 3 nitrogen and oxygen atoms in total. The van der Waals surface area contributed by atoms with Crippen LogP contribution >= 0.6 is 0 Å². The lowest BCUT2D eigenvalue weighted by molar-refractivity contribution is 1.39. The molecule has 0 unspecified atom stereocenters. The summed E-state index contributed by atoms with van der Waals surface area (Å²) in [6.45, 7) is 0. The van der Waals surface area contributed by atoms with Gasteiger partial charge < -0.3 is 11.5 Å².